The van der Waals surface area contributed by atoms with Crippen LogP contribution in [0.3, 0.4) is 0 Å². The first-order valence-corrected chi connectivity index (χ1v) is 25.2. The monoisotopic (exact) mass is 892 g/mol. The molecule has 2 saturated heterocycles. The van der Waals surface area contributed by atoms with Crippen LogP contribution >= 0.6 is 0 Å². The largest absolute Gasteiger partial charge is 0.385 e. The Bertz CT molecular complexity index is 2530. The van der Waals surface area contributed by atoms with Gasteiger partial charge >= 0.3 is 0 Å². The smallest absolute Gasteiger partial charge is 0.261 e. The zero-order valence-corrected chi connectivity index (χ0v) is 41.5. The van der Waals surface area contributed by atoms with E-state index in [1.807, 2.05) is 13.0 Å². The summed E-state index contributed by atoms with van der Waals surface area (Å²) in [6.45, 7) is 31.2. The van der Waals surface area contributed by atoms with Crippen molar-refractivity contribution in [3.05, 3.63) is 156 Å². The fourth-order valence-electron chi connectivity index (χ4n) is 10.9. The van der Waals surface area contributed by atoms with Crippen LogP contribution in [0.4, 0.5) is 0 Å². The molecule has 0 radical (unpaired) electrons. The molecule has 348 valence electrons. The van der Waals surface area contributed by atoms with Gasteiger partial charge in [0.15, 0.2) is 13.4 Å². The number of carbonyl (C=O) groups excluding carboxylic acids is 1. The number of allylic oxidation sites excluding steroid dienone is 1. The zero-order valence-electron chi connectivity index (χ0n) is 41.5. The van der Waals surface area contributed by atoms with Gasteiger partial charge in [0.1, 0.15) is 11.6 Å². The van der Waals surface area contributed by atoms with Crippen molar-refractivity contribution in [2.75, 3.05) is 26.2 Å². The Kier molecular flexibility index (Phi) is 16.7. The topological polar surface area (TPSA) is 71.4 Å². The lowest BCUT2D eigenvalue weighted by atomic mass is 9.35. The van der Waals surface area contributed by atoms with Gasteiger partial charge in [-0.25, -0.2) is 0 Å². The summed E-state index contributed by atoms with van der Waals surface area (Å²) < 4.78 is 0. The average Bonchev–Trinajstić information content (AvgIpc) is 3.32. The maximum Gasteiger partial charge on any atom is 0.261 e. The number of amides is 1. The van der Waals surface area contributed by atoms with Gasteiger partial charge in [-0.2, -0.15) is 5.26 Å². The second-order valence-electron chi connectivity index (χ2n) is 21.5. The molecular formula is C59H75B2N5O. The molecule has 0 saturated carbocycles. The van der Waals surface area contributed by atoms with Crippen LogP contribution in [0.5, 0.6) is 0 Å². The standard InChI is InChI=1S/C59H75B2N5O/c1-44(2)46(4)63-35-17-37-65(40-47-19-9-15-25-55(47)60-31-27-58(5,6)28-32-60)42-53-49-21-11-13-23-51(49)54(52-24-14-12-22-50(52)53)43-66(38-18-36-64-57(67)45(3)39-62)41-48-20-10-16-26-56(48)61-33-29-59(7,8)30-34-61/h9-16,19-26,63H,1,3-4,17-18,27-38,40-43H2,2,5-8H3,(H,64,67). The summed E-state index contributed by atoms with van der Waals surface area (Å²) >= 11 is 0. The molecule has 7 rings (SSSR count). The normalized spacial score (nSPS) is 15.7. The molecule has 0 unspecified atom stereocenters. The van der Waals surface area contributed by atoms with Crippen LogP contribution < -0.4 is 21.6 Å². The van der Waals surface area contributed by atoms with Gasteiger partial charge in [-0.05, 0) is 80.0 Å². The fraction of sp³-hybridized carbons (Fsp3) is 0.424. The van der Waals surface area contributed by atoms with Gasteiger partial charge in [-0.3, -0.25) is 14.6 Å². The molecule has 2 aliphatic rings. The molecule has 0 atom stereocenters. The van der Waals surface area contributed by atoms with Crippen LogP contribution in [0.25, 0.3) is 21.5 Å². The molecule has 2 heterocycles. The molecule has 2 N–H and O–H groups in total. The molecule has 6 nitrogen and oxygen atoms in total. The highest BCUT2D eigenvalue weighted by Crippen LogP contribution is 2.38. The molecule has 67 heavy (non-hydrogen) atoms. The van der Waals surface area contributed by atoms with Crippen LogP contribution in [0.1, 0.15) is 95.4 Å². The molecule has 0 aromatic heterocycles. The Morgan fingerprint density at radius 1 is 0.597 bits per heavy atom. The van der Waals surface area contributed by atoms with E-state index < -0.39 is 5.91 Å². The lowest BCUT2D eigenvalue weighted by Gasteiger charge is -2.34. The quantitative estimate of drug-likeness (QED) is 0.0192. The molecule has 0 bridgehead atoms. The van der Waals surface area contributed by atoms with Gasteiger partial charge < -0.3 is 10.6 Å². The van der Waals surface area contributed by atoms with E-state index >= 15 is 0 Å². The summed E-state index contributed by atoms with van der Waals surface area (Å²) in [4.78, 5) is 17.8. The highest BCUT2D eigenvalue weighted by molar-refractivity contribution is 6.74. The summed E-state index contributed by atoms with van der Waals surface area (Å²) in [5.74, 6) is -0.392. The minimum atomic E-state index is -0.392. The third kappa shape index (κ3) is 13.0. The van der Waals surface area contributed by atoms with E-state index in [9.17, 15) is 10.1 Å². The number of hydrogen-bond acceptors (Lipinski definition) is 5. The highest BCUT2D eigenvalue weighted by Gasteiger charge is 2.33. The lowest BCUT2D eigenvalue weighted by molar-refractivity contribution is -0.117. The number of hydrogen-bond donors (Lipinski definition) is 2. The van der Waals surface area contributed by atoms with Crippen molar-refractivity contribution in [3.8, 4) is 6.07 Å². The number of nitrogens with one attached hydrogen (secondary N) is 2. The Balaban J connectivity index is 1.23. The molecule has 2 fully saturated rings. The molecule has 8 heteroatoms. The van der Waals surface area contributed by atoms with Crippen molar-refractivity contribution in [2.24, 2.45) is 10.8 Å². The van der Waals surface area contributed by atoms with Crippen molar-refractivity contribution in [3.63, 3.8) is 0 Å². The summed E-state index contributed by atoms with van der Waals surface area (Å²) in [6.07, 6.45) is 11.7. The van der Waals surface area contributed by atoms with E-state index in [1.165, 1.54) is 106 Å². The second-order valence-corrected chi connectivity index (χ2v) is 21.5. The second kappa shape index (κ2) is 22.6. The Morgan fingerprint density at radius 3 is 1.36 bits per heavy atom. The number of fused-ring (bicyclic) bond motifs is 2. The molecule has 0 aliphatic carbocycles. The van der Waals surface area contributed by atoms with E-state index in [4.69, 9.17) is 0 Å². The van der Waals surface area contributed by atoms with E-state index in [2.05, 4.69) is 165 Å². The first-order chi connectivity index (χ1) is 32.2. The summed E-state index contributed by atoms with van der Waals surface area (Å²) in [5.41, 5.74) is 11.2. The summed E-state index contributed by atoms with van der Waals surface area (Å²) in [6, 6.07) is 38.5. The van der Waals surface area contributed by atoms with Crippen molar-refractivity contribution in [1.29, 1.82) is 5.26 Å². The van der Waals surface area contributed by atoms with Gasteiger partial charge in [-0.15, -0.1) is 0 Å². The van der Waals surface area contributed by atoms with Crippen molar-refractivity contribution in [2.45, 2.75) is 125 Å². The van der Waals surface area contributed by atoms with Gasteiger partial charge in [0.25, 0.3) is 5.91 Å². The molecule has 2 aliphatic heterocycles. The van der Waals surface area contributed by atoms with Crippen LogP contribution in [0, 0.1) is 22.2 Å². The summed E-state index contributed by atoms with van der Waals surface area (Å²) in [7, 11) is 0. The average molecular weight is 892 g/mol. The molecular weight excluding hydrogens is 816 g/mol. The predicted octanol–water partition coefficient (Wildman–Crippen LogP) is 11.7. The number of carbonyl (C=O) groups is 1. The van der Waals surface area contributed by atoms with E-state index in [-0.39, 0.29) is 5.57 Å². The predicted molar refractivity (Wildman–Crippen MR) is 288 cm³/mol. The van der Waals surface area contributed by atoms with Gasteiger partial charge in [0, 0.05) is 58.1 Å². The zero-order chi connectivity index (χ0) is 47.6. The maximum atomic E-state index is 12.5. The third-order valence-corrected chi connectivity index (χ3v) is 15.2. The minimum Gasteiger partial charge on any atom is -0.385 e. The van der Waals surface area contributed by atoms with Crippen LogP contribution in [-0.4, -0.2) is 55.3 Å². The summed E-state index contributed by atoms with van der Waals surface area (Å²) in [5, 5.41) is 21.0. The van der Waals surface area contributed by atoms with Crippen LogP contribution in [-0.2, 0) is 31.0 Å². The fourth-order valence-corrected chi connectivity index (χ4v) is 10.9. The van der Waals surface area contributed by atoms with Crippen molar-refractivity contribution < 1.29 is 4.79 Å². The Morgan fingerprint density at radius 2 is 0.970 bits per heavy atom. The molecule has 5 aromatic carbocycles. The molecule has 5 aromatic rings. The molecule has 1 amide bonds. The SMILES string of the molecule is C=C(C)C(=C)NCCCN(Cc1ccccc1B1CCC(C)(C)CC1)Cc1c2ccccc2c(CN(CCCNC(=O)C(=C)C#N)Cc2ccccc2B2CCC(C)(C)CC2)c2ccccc12. The van der Waals surface area contributed by atoms with E-state index in [0.29, 0.717) is 30.8 Å². The number of benzene rings is 5. The number of nitrogens with zero attached hydrogens (tertiary/aromatic N) is 3. The van der Waals surface area contributed by atoms with Gasteiger partial charge in [0.05, 0.1) is 0 Å². The number of rotatable bonds is 21. The van der Waals surface area contributed by atoms with Gasteiger partial charge in [-0.1, -0.05) is 206 Å². The van der Waals surface area contributed by atoms with Crippen LogP contribution in [0.2, 0.25) is 25.3 Å². The molecule has 0 spiro atoms. The van der Waals surface area contributed by atoms with E-state index in [0.717, 1.165) is 69.9 Å². The Hall–Kier alpha value is -5.35. The Labute approximate surface area is 404 Å². The maximum absolute atomic E-state index is 12.5. The highest BCUT2D eigenvalue weighted by atomic mass is 16.1. The third-order valence-electron chi connectivity index (χ3n) is 15.2. The lowest BCUT2D eigenvalue weighted by Crippen LogP contribution is -2.40. The first kappa shape index (κ1) is 49.6. The van der Waals surface area contributed by atoms with Gasteiger partial charge in [0.2, 0.25) is 0 Å². The first-order valence-electron chi connectivity index (χ1n) is 25.2. The van der Waals surface area contributed by atoms with Crippen molar-refractivity contribution >= 4 is 51.8 Å². The number of nitriles is 1. The van der Waals surface area contributed by atoms with Crippen molar-refractivity contribution in [1.82, 2.24) is 20.4 Å². The minimum absolute atomic E-state index is 0.0547. The van der Waals surface area contributed by atoms with Crippen LogP contribution in [0.15, 0.2) is 134 Å². The van der Waals surface area contributed by atoms with E-state index in [1.54, 1.807) is 0 Å².